The van der Waals surface area contributed by atoms with Gasteiger partial charge in [-0.25, -0.2) is 15.0 Å². The van der Waals surface area contributed by atoms with E-state index < -0.39 is 0 Å². The number of piperazine rings is 1. The van der Waals surface area contributed by atoms with Crippen molar-refractivity contribution in [2.75, 3.05) is 61.1 Å². The maximum absolute atomic E-state index is 6.39. The summed E-state index contributed by atoms with van der Waals surface area (Å²) in [5.74, 6) is 2.75. The van der Waals surface area contributed by atoms with Crippen LogP contribution in [-0.4, -0.2) is 65.7 Å². The molecule has 0 saturated carbocycles. The van der Waals surface area contributed by atoms with Gasteiger partial charge in [-0.3, -0.25) is 0 Å². The van der Waals surface area contributed by atoms with Crippen LogP contribution in [0, 0.1) is 6.92 Å². The van der Waals surface area contributed by atoms with Crippen LogP contribution >= 0.6 is 11.6 Å². The maximum atomic E-state index is 6.39. The molecule has 9 heteroatoms. The first-order chi connectivity index (χ1) is 17.6. The van der Waals surface area contributed by atoms with Crippen LogP contribution in [0.3, 0.4) is 0 Å². The van der Waals surface area contributed by atoms with Gasteiger partial charge in [0.15, 0.2) is 0 Å². The summed E-state index contributed by atoms with van der Waals surface area (Å²) < 4.78 is 7.41. The van der Waals surface area contributed by atoms with Crippen LogP contribution in [-0.2, 0) is 0 Å². The number of hydrogen-bond acceptors (Lipinski definition) is 7. The van der Waals surface area contributed by atoms with E-state index in [9.17, 15) is 0 Å². The average molecular weight is 504 g/mol. The van der Waals surface area contributed by atoms with Gasteiger partial charge in [-0.2, -0.15) is 0 Å². The van der Waals surface area contributed by atoms with Crippen LogP contribution in [0.15, 0.2) is 49.1 Å². The second kappa shape index (κ2) is 9.50. The number of rotatable bonds is 5. The van der Waals surface area contributed by atoms with Gasteiger partial charge in [-0.05, 0) is 43.5 Å². The van der Waals surface area contributed by atoms with Crippen LogP contribution in [0.4, 0.5) is 17.3 Å². The van der Waals surface area contributed by atoms with Crippen LogP contribution < -0.4 is 19.4 Å². The quantitative estimate of drug-likeness (QED) is 0.391. The standard InChI is InChI=1S/C27H30ClN7O/c1-19-13-24(36-2)22(28)15-21(19)23-17-35-8-5-20(14-27(35)31-23)32-9-11-34(12-10-32)26-16-25(29-18-30-26)33-6-3-4-7-33/h5,8,13-18H,3-4,6-7,9-12H2,1-2H3. The third-order valence-electron chi connectivity index (χ3n) is 7.26. The molecule has 4 aromatic rings. The molecule has 186 valence electrons. The molecule has 0 spiro atoms. The van der Waals surface area contributed by atoms with E-state index >= 15 is 0 Å². The highest BCUT2D eigenvalue weighted by atomic mass is 35.5. The molecule has 0 amide bonds. The number of pyridine rings is 1. The molecule has 36 heavy (non-hydrogen) atoms. The largest absolute Gasteiger partial charge is 0.495 e. The van der Waals surface area contributed by atoms with E-state index in [4.69, 9.17) is 21.3 Å². The van der Waals surface area contributed by atoms with Crippen molar-refractivity contribution in [3.63, 3.8) is 0 Å². The predicted octanol–water partition coefficient (Wildman–Crippen LogP) is 4.69. The highest BCUT2D eigenvalue weighted by molar-refractivity contribution is 6.32. The summed E-state index contributed by atoms with van der Waals surface area (Å²) in [5, 5.41) is 0.588. The molecule has 2 aliphatic rings. The molecule has 0 radical (unpaired) electrons. The SMILES string of the molecule is COc1cc(C)c(-c2cn3ccc(N4CCN(c5cc(N6CCCC6)ncn5)CC4)cc3n2)cc1Cl. The Labute approximate surface area is 216 Å². The van der Waals surface area contributed by atoms with Crippen molar-refractivity contribution in [3.8, 4) is 17.0 Å². The zero-order valence-electron chi connectivity index (χ0n) is 20.7. The molecule has 5 heterocycles. The fraction of sp³-hybridized carbons (Fsp3) is 0.370. The number of benzene rings is 1. The Kier molecular flexibility index (Phi) is 6.05. The van der Waals surface area contributed by atoms with E-state index in [2.05, 4.69) is 66.6 Å². The molecule has 8 nitrogen and oxygen atoms in total. The van der Waals surface area contributed by atoms with Crippen LogP contribution in [0.5, 0.6) is 5.75 Å². The zero-order chi connectivity index (χ0) is 24.6. The summed E-state index contributed by atoms with van der Waals surface area (Å²) >= 11 is 6.39. The van der Waals surface area contributed by atoms with E-state index in [0.717, 1.165) is 73.4 Å². The first kappa shape index (κ1) is 22.9. The Morgan fingerprint density at radius 2 is 1.56 bits per heavy atom. The monoisotopic (exact) mass is 503 g/mol. The van der Waals surface area contributed by atoms with Crippen molar-refractivity contribution in [1.82, 2.24) is 19.4 Å². The van der Waals surface area contributed by atoms with Gasteiger partial charge < -0.3 is 23.8 Å². The molecule has 6 rings (SSSR count). The summed E-state index contributed by atoms with van der Waals surface area (Å²) in [4.78, 5) is 21.1. The fourth-order valence-electron chi connectivity index (χ4n) is 5.21. The van der Waals surface area contributed by atoms with Crippen LogP contribution in [0.2, 0.25) is 5.02 Å². The lowest BCUT2D eigenvalue weighted by atomic mass is 10.1. The molecule has 3 aromatic heterocycles. The molecule has 0 aliphatic carbocycles. The van der Waals surface area contributed by atoms with Gasteiger partial charge in [0.2, 0.25) is 0 Å². The van der Waals surface area contributed by atoms with Gasteiger partial charge in [0.05, 0.1) is 17.8 Å². The molecule has 0 atom stereocenters. The van der Waals surface area contributed by atoms with Crippen LogP contribution in [0.1, 0.15) is 18.4 Å². The number of fused-ring (bicyclic) bond motifs is 1. The molecule has 2 saturated heterocycles. The predicted molar refractivity (Wildman–Crippen MR) is 145 cm³/mol. The maximum Gasteiger partial charge on any atom is 0.139 e. The molecular weight excluding hydrogens is 474 g/mol. The Bertz CT molecular complexity index is 1390. The second-order valence-corrected chi connectivity index (χ2v) is 9.89. The van der Waals surface area contributed by atoms with Gasteiger partial charge in [0.25, 0.3) is 0 Å². The van der Waals surface area contributed by atoms with Crippen molar-refractivity contribution >= 4 is 34.6 Å². The average Bonchev–Trinajstić information content (AvgIpc) is 3.60. The van der Waals surface area contributed by atoms with Gasteiger partial charge in [-0.15, -0.1) is 0 Å². The summed E-state index contributed by atoms with van der Waals surface area (Å²) in [5.41, 5.74) is 5.09. The minimum Gasteiger partial charge on any atom is -0.495 e. The van der Waals surface area contributed by atoms with E-state index in [-0.39, 0.29) is 0 Å². The smallest absolute Gasteiger partial charge is 0.139 e. The molecular formula is C27H30ClN7O. The number of methoxy groups -OCH3 is 1. The number of nitrogens with zero attached hydrogens (tertiary/aromatic N) is 7. The third-order valence-corrected chi connectivity index (χ3v) is 7.55. The number of aromatic nitrogens is 4. The van der Waals surface area contributed by atoms with E-state index in [1.807, 2.05) is 12.1 Å². The summed E-state index contributed by atoms with van der Waals surface area (Å²) in [7, 11) is 1.63. The number of imidazole rings is 1. The minimum atomic E-state index is 0.588. The third kappa shape index (κ3) is 4.30. The van der Waals surface area contributed by atoms with E-state index in [1.54, 1.807) is 13.4 Å². The Balaban J connectivity index is 1.18. The number of ether oxygens (including phenoxy) is 1. The molecule has 0 bridgehead atoms. The molecule has 0 N–H and O–H groups in total. The minimum absolute atomic E-state index is 0.588. The van der Waals surface area contributed by atoms with Crippen molar-refractivity contribution in [3.05, 3.63) is 59.6 Å². The fourth-order valence-corrected chi connectivity index (χ4v) is 5.45. The van der Waals surface area contributed by atoms with Gasteiger partial charge in [-0.1, -0.05) is 11.6 Å². The van der Waals surface area contributed by atoms with Gasteiger partial charge in [0, 0.05) is 75.0 Å². The first-order valence-electron chi connectivity index (χ1n) is 12.5. The Morgan fingerprint density at radius 3 is 2.28 bits per heavy atom. The highest BCUT2D eigenvalue weighted by Gasteiger charge is 2.21. The number of hydrogen-bond donors (Lipinski definition) is 0. The number of halogens is 1. The Hall–Kier alpha value is -3.52. The summed E-state index contributed by atoms with van der Waals surface area (Å²) in [6, 6.07) is 10.4. The van der Waals surface area contributed by atoms with Crippen LogP contribution in [0.25, 0.3) is 16.9 Å². The number of aryl methyl sites for hydroxylation is 1. The molecule has 2 fully saturated rings. The normalized spacial score (nSPS) is 16.2. The molecule has 2 aliphatic heterocycles. The number of anilines is 3. The lowest BCUT2D eigenvalue weighted by Gasteiger charge is -2.36. The zero-order valence-corrected chi connectivity index (χ0v) is 21.4. The van der Waals surface area contributed by atoms with Crippen molar-refractivity contribution in [1.29, 1.82) is 0 Å². The summed E-state index contributed by atoms with van der Waals surface area (Å²) in [6.07, 6.45) is 8.33. The molecule has 1 aromatic carbocycles. The highest BCUT2D eigenvalue weighted by Crippen LogP contribution is 2.33. The molecule has 0 unspecified atom stereocenters. The lowest BCUT2D eigenvalue weighted by Crippen LogP contribution is -2.46. The first-order valence-corrected chi connectivity index (χ1v) is 12.9. The summed E-state index contributed by atoms with van der Waals surface area (Å²) in [6.45, 7) is 7.94. The van der Waals surface area contributed by atoms with Crippen molar-refractivity contribution in [2.45, 2.75) is 19.8 Å². The van der Waals surface area contributed by atoms with E-state index in [1.165, 1.54) is 18.5 Å². The van der Waals surface area contributed by atoms with E-state index in [0.29, 0.717) is 10.8 Å². The Morgan fingerprint density at radius 1 is 0.861 bits per heavy atom. The van der Waals surface area contributed by atoms with Crippen molar-refractivity contribution < 1.29 is 4.74 Å². The second-order valence-electron chi connectivity index (χ2n) is 9.48. The van der Waals surface area contributed by atoms with Gasteiger partial charge >= 0.3 is 0 Å². The van der Waals surface area contributed by atoms with Crippen molar-refractivity contribution in [2.24, 2.45) is 0 Å². The topological polar surface area (TPSA) is 62.0 Å². The lowest BCUT2D eigenvalue weighted by molar-refractivity contribution is 0.415. The van der Waals surface area contributed by atoms with Gasteiger partial charge in [0.1, 0.15) is 29.4 Å².